The smallest absolute Gasteiger partial charge is 0.226 e. The Morgan fingerprint density at radius 2 is 2.00 bits per heavy atom. The SMILES string of the molecule is COc1ccc([C@H]2CC(=O)Nc3c2c(-c2ccccc2)nn3C)cn1. The number of rotatable bonds is 3. The highest BCUT2D eigenvalue weighted by Gasteiger charge is 2.33. The van der Waals surface area contributed by atoms with E-state index < -0.39 is 0 Å². The molecule has 25 heavy (non-hydrogen) atoms. The minimum Gasteiger partial charge on any atom is -0.481 e. The fourth-order valence-electron chi connectivity index (χ4n) is 3.30. The van der Waals surface area contributed by atoms with Crippen molar-refractivity contribution in [2.75, 3.05) is 12.4 Å². The maximum absolute atomic E-state index is 12.2. The number of hydrogen-bond acceptors (Lipinski definition) is 4. The number of aryl methyl sites for hydroxylation is 1. The van der Waals surface area contributed by atoms with Gasteiger partial charge >= 0.3 is 0 Å². The van der Waals surface area contributed by atoms with Gasteiger partial charge in [0.2, 0.25) is 11.8 Å². The molecule has 1 aliphatic rings. The molecule has 4 rings (SSSR count). The van der Waals surface area contributed by atoms with Crippen LogP contribution in [-0.2, 0) is 11.8 Å². The van der Waals surface area contributed by atoms with Gasteiger partial charge in [-0.25, -0.2) is 4.98 Å². The van der Waals surface area contributed by atoms with Gasteiger partial charge in [0, 0.05) is 42.8 Å². The van der Waals surface area contributed by atoms with Gasteiger partial charge in [0.1, 0.15) is 5.82 Å². The third-order valence-corrected chi connectivity index (χ3v) is 4.50. The summed E-state index contributed by atoms with van der Waals surface area (Å²) in [6.07, 6.45) is 2.14. The second-order valence-electron chi connectivity index (χ2n) is 6.04. The lowest BCUT2D eigenvalue weighted by molar-refractivity contribution is -0.116. The molecule has 1 aromatic carbocycles. The van der Waals surface area contributed by atoms with Crippen LogP contribution in [0.4, 0.5) is 5.82 Å². The minimum atomic E-state index is -0.0916. The van der Waals surface area contributed by atoms with E-state index in [-0.39, 0.29) is 11.8 Å². The number of nitrogens with zero attached hydrogens (tertiary/aromatic N) is 3. The highest BCUT2D eigenvalue weighted by atomic mass is 16.5. The first kappa shape index (κ1) is 15.4. The number of nitrogens with one attached hydrogen (secondary N) is 1. The average molecular weight is 334 g/mol. The van der Waals surface area contributed by atoms with Crippen molar-refractivity contribution < 1.29 is 9.53 Å². The van der Waals surface area contributed by atoms with Crippen LogP contribution < -0.4 is 10.1 Å². The number of pyridine rings is 1. The topological polar surface area (TPSA) is 69.0 Å². The third-order valence-electron chi connectivity index (χ3n) is 4.50. The Hall–Kier alpha value is -3.15. The summed E-state index contributed by atoms with van der Waals surface area (Å²) in [5, 5.41) is 7.62. The van der Waals surface area contributed by atoms with E-state index in [2.05, 4.69) is 15.4 Å². The van der Waals surface area contributed by atoms with E-state index in [1.54, 1.807) is 18.0 Å². The van der Waals surface area contributed by atoms with E-state index >= 15 is 0 Å². The molecule has 0 unspecified atom stereocenters. The zero-order valence-corrected chi connectivity index (χ0v) is 14.1. The molecule has 1 N–H and O–H groups in total. The summed E-state index contributed by atoms with van der Waals surface area (Å²) in [7, 11) is 3.43. The van der Waals surface area contributed by atoms with Crippen LogP contribution in [0.5, 0.6) is 5.88 Å². The average Bonchev–Trinajstić information content (AvgIpc) is 2.98. The molecule has 0 radical (unpaired) electrons. The Morgan fingerprint density at radius 1 is 1.20 bits per heavy atom. The summed E-state index contributed by atoms with van der Waals surface area (Å²) in [4.78, 5) is 16.5. The van der Waals surface area contributed by atoms with Crippen LogP contribution in [-0.4, -0.2) is 27.8 Å². The lowest BCUT2D eigenvalue weighted by Crippen LogP contribution is -2.24. The van der Waals surface area contributed by atoms with Crippen molar-refractivity contribution in [3.05, 3.63) is 59.8 Å². The van der Waals surface area contributed by atoms with Crippen LogP contribution in [0.2, 0.25) is 0 Å². The van der Waals surface area contributed by atoms with Crippen molar-refractivity contribution in [2.45, 2.75) is 12.3 Å². The van der Waals surface area contributed by atoms with Crippen LogP contribution in [0.25, 0.3) is 11.3 Å². The summed E-state index contributed by atoms with van der Waals surface area (Å²) in [6, 6.07) is 13.8. The van der Waals surface area contributed by atoms with Crippen molar-refractivity contribution in [1.29, 1.82) is 0 Å². The van der Waals surface area contributed by atoms with Gasteiger partial charge in [0.25, 0.3) is 0 Å². The number of benzene rings is 1. The van der Waals surface area contributed by atoms with E-state index in [1.807, 2.05) is 49.5 Å². The molecule has 0 saturated heterocycles. The monoisotopic (exact) mass is 334 g/mol. The van der Waals surface area contributed by atoms with Crippen LogP contribution in [0, 0.1) is 0 Å². The van der Waals surface area contributed by atoms with Gasteiger partial charge in [-0.05, 0) is 5.56 Å². The van der Waals surface area contributed by atoms with Crippen LogP contribution >= 0.6 is 0 Å². The molecular formula is C19H18N4O2. The molecule has 1 atom stereocenters. The molecule has 0 saturated carbocycles. The highest BCUT2D eigenvalue weighted by Crippen LogP contribution is 2.42. The molecular weight excluding hydrogens is 316 g/mol. The van der Waals surface area contributed by atoms with Crippen molar-refractivity contribution in [2.24, 2.45) is 7.05 Å². The van der Waals surface area contributed by atoms with Gasteiger partial charge in [-0.1, -0.05) is 36.4 Å². The Morgan fingerprint density at radius 3 is 2.68 bits per heavy atom. The van der Waals surface area contributed by atoms with E-state index in [0.29, 0.717) is 12.3 Å². The van der Waals surface area contributed by atoms with Gasteiger partial charge in [0.05, 0.1) is 12.8 Å². The van der Waals surface area contributed by atoms with E-state index in [1.165, 1.54) is 0 Å². The largest absolute Gasteiger partial charge is 0.481 e. The van der Waals surface area contributed by atoms with E-state index in [4.69, 9.17) is 4.74 Å². The summed E-state index contributed by atoms with van der Waals surface area (Å²) in [5.41, 5.74) is 3.92. The lowest BCUT2D eigenvalue weighted by atomic mass is 9.85. The standard InChI is InChI=1S/C19H18N4O2/c1-23-19-17(18(22-23)12-6-4-3-5-7-12)14(10-15(24)21-19)13-8-9-16(25-2)20-11-13/h3-9,11,14H,10H2,1-2H3,(H,21,24)/t14-/m1/s1. The van der Waals surface area contributed by atoms with Gasteiger partial charge < -0.3 is 10.1 Å². The molecule has 3 heterocycles. The normalized spacial score (nSPS) is 16.2. The van der Waals surface area contributed by atoms with Gasteiger partial charge in [0.15, 0.2) is 0 Å². The summed E-state index contributed by atoms with van der Waals surface area (Å²) < 4.78 is 6.87. The number of methoxy groups -OCH3 is 1. The van der Waals surface area contributed by atoms with Crippen molar-refractivity contribution >= 4 is 11.7 Å². The fraction of sp³-hybridized carbons (Fsp3) is 0.211. The number of ether oxygens (including phenoxy) is 1. The molecule has 0 fully saturated rings. The summed E-state index contributed by atoms with van der Waals surface area (Å²) >= 11 is 0. The number of amides is 1. The van der Waals surface area contributed by atoms with Gasteiger partial charge in [-0.3, -0.25) is 9.48 Å². The second-order valence-corrected chi connectivity index (χ2v) is 6.04. The van der Waals surface area contributed by atoms with Crippen molar-refractivity contribution in [3.63, 3.8) is 0 Å². The summed E-state index contributed by atoms with van der Waals surface area (Å²) in [5.74, 6) is 1.19. The van der Waals surface area contributed by atoms with Crippen LogP contribution in [0.3, 0.4) is 0 Å². The lowest BCUT2D eigenvalue weighted by Gasteiger charge is -2.24. The minimum absolute atomic E-state index is 0.0177. The van der Waals surface area contributed by atoms with E-state index in [0.717, 1.165) is 28.2 Å². The van der Waals surface area contributed by atoms with Crippen LogP contribution in [0.1, 0.15) is 23.5 Å². The Balaban J connectivity index is 1.87. The third kappa shape index (κ3) is 2.65. The number of carbonyl (C=O) groups excluding carboxylic acids is 1. The zero-order chi connectivity index (χ0) is 17.4. The fourth-order valence-corrected chi connectivity index (χ4v) is 3.30. The Kier molecular flexibility index (Phi) is 3.72. The first-order valence-corrected chi connectivity index (χ1v) is 8.09. The molecule has 126 valence electrons. The maximum atomic E-state index is 12.2. The van der Waals surface area contributed by atoms with Gasteiger partial charge in [-0.15, -0.1) is 0 Å². The molecule has 0 bridgehead atoms. The maximum Gasteiger partial charge on any atom is 0.226 e. The Bertz CT molecular complexity index is 917. The Labute approximate surface area is 145 Å². The molecule has 6 nitrogen and oxygen atoms in total. The second kappa shape index (κ2) is 6.05. The van der Waals surface area contributed by atoms with Crippen molar-refractivity contribution in [3.8, 4) is 17.1 Å². The zero-order valence-electron chi connectivity index (χ0n) is 14.1. The number of fused-ring (bicyclic) bond motifs is 1. The predicted octanol–water partition coefficient (Wildman–Crippen LogP) is 2.96. The molecule has 6 heteroatoms. The number of hydrogen-bond donors (Lipinski definition) is 1. The summed E-state index contributed by atoms with van der Waals surface area (Å²) in [6.45, 7) is 0. The number of anilines is 1. The number of aromatic nitrogens is 3. The first-order valence-electron chi connectivity index (χ1n) is 8.09. The quantitative estimate of drug-likeness (QED) is 0.799. The molecule has 0 aliphatic carbocycles. The predicted molar refractivity (Wildman–Crippen MR) is 94.5 cm³/mol. The van der Waals surface area contributed by atoms with Crippen molar-refractivity contribution in [1.82, 2.24) is 14.8 Å². The molecule has 0 spiro atoms. The molecule has 2 aromatic heterocycles. The van der Waals surface area contributed by atoms with Gasteiger partial charge in [-0.2, -0.15) is 5.10 Å². The first-order chi connectivity index (χ1) is 12.2. The number of carbonyl (C=O) groups is 1. The van der Waals surface area contributed by atoms with E-state index in [9.17, 15) is 4.79 Å². The molecule has 1 aliphatic heterocycles. The van der Waals surface area contributed by atoms with Crippen LogP contribution in [0.15, 0.2) is 48.7 Å². The highest BCUT2D eigenvalue weighted by molar-refractivity contribution is 5.96. The molecule has 3 aromatic rings. The molecule has 1 amide bonds.